The molecule has 0 unspecified atom stereocenters. The third-order valence-electron chi connectivity index (χ3n) is 4.00. The maximum absolute atomic E-state index is 12.4. The molecular formula is C17H26N2O. The molecule has 1 aromatic carbocycles. The van der Waals surface area contributed by atoms with Crippen LogP contribution in [-0.4, -0.2) is 18.5 Å². The zero-order valence-corrected chi connectivity index (χ0v) is 13.0. The molecule has 1 aliphatic rings. The van der Waals surface area contributed by atoms with E-state index in [1.807, 2.05) is 0 Å². The van der Waals surface area contributed by atoms with Crippen molar-refractivity contribution < 1.29 is 4.79 Å². The van der Waals surface area contributed by atoms with Crippen molar-refractivity contribution in [1.29, 1.82) is 0 Å². The number of hydrogen-bond acceptors (Lipinski definition) is 2. The monoisotopic (exact) mass is 274 g/mol. The fourth-order valence-electron chi connectivity index (χ4n) is 2.81. The van der Waals surface area contributed by atoms with Crippen LogP contribution in [0, 0.1) is 0 Å². The molecule has 3 nitrogen and oxygen atoms in total. The highest BCUT2D eigenvalue weighted by Gasteiger charge is 2.24. The molecular weight excluding hydrogens is 248 g/mol. The van der Waals surface area contributed by atoms with Gasteiger partial charge in [0.15, 0.2) is 0 Å². The molecule has 1 saturated heterocycles. The molecule has 1 amide bonds. The second kappa shape index (κ2) is 6.40. The van der Waals surface area contributed by atoms with Gasteiger partial charge in [0.25, 0.3) is 0 Å². The van der Waals surface area contributed by atoms with E-state index in [0.29, 0.717) is 11.8 Å². The minimum atomic E-state index is -0.0322. The predicted octanol–water partition coefficient (Wildman–Crippen LogP) is 3.62. The highest BCUT2D eigenvalue weighted by atomic mass is 16.2. The maximum Gasteiger partial charge on any atom is 0.241 e. The van der Waals surface area contributed by atoms with Crippen LogP contribution in [0.15, 0.2) is 18.2 Å². The van der Waals surface area contributed by atoms with Crippen LogP contribution in [0.2, 0.25) is 0 Å². The Morgan fingerprint density at radius 1 is 1.20 bits per heavy atom. The summed E-state index contributed by atoms with van der Waals surface area (Å²) >= 11 is 0. The fraction of sp³-hybridized carbons (Fsp3) is 0.588. The third kappa shape index (κ3) is 3.21. The van der Waals surface area contributed by atoms with Crippen molar-refractivity contribution in [2.24, 2.45) is 0 Å². The summed E-state index contributed by atoms with van der Waals surface area (Å²) < 4.78 is 0. The Morgan fingerprint density at radius 2 is 1.80 bits per heavy atom. The van der Waals surface area contributed by atoms with Gasteiger partial charge in [-0.3, -0.25) is 4.79 Å². The summed E-state index contributed by atoms with van der Waals surface area (Å²) in [4.78, 5) is 12.4. The minimum Gasteiger partial charge on any atom is -0.324 e. The smallest absolute Gasteiger partial charge is 0.241 e. The van der Waals surface area contributed by atoms with Gasteiger partial charge < -0.3 is 10.6 Å². The number of carbonyl (C=O) groups is 1. The molecule has 0 spiro atoms. The van der Waals surface area contributed by atoms with Gasteiger partial charge in [-0.05, 0) is 42.3 Å². The van der Waals surface area contributed by atoms with E-state index >= 15 is 0 Å². The predicted molar refractivity (Wildman–Crippen MR) is 84.3 cm³/mol. The van der Waals surface area contributed by atoms with Crippen molar-refractivity contribution in [2.45, 2.75) is 58.4 Å². The number of rotatable bonds is 4. The topological polar surface area (TPSA) is 41.1 Å². The van der Waals surface area contributed by atoms with Crippen molar-refractivity contribution in [3.63, 3.8) is 0 Å². The van der Waals surface area contributed by atoms with Crippen LogP contribution in [-0.2, 0) is 4.79 Å². The summed E-state index contributed by atoms with van der Waals surface area (Å²) in [5.41, 5.74) is 3.47. The molecule has 0 bridgehead atoms. The lowest BCUT2D eigenvalue weighted by molar-refractivity contribution is -0.117. The lowest BCUT2D eigenvalue weighted by Gasteiger charge is -2.21. The third-order valence-corrected chi connectivity index (χ3v) is 4.00. The molecule has 0 saturated carbocycles. The fourth-order valence-corrected chi connectivity index (χ4v) is 2.81. The van der Waals surface area contributed by atoms with E-state index in [-0.39, 0.29) is 11.9 Å². The van der Waals surface area contributed by atoms with E-state index in [0.717, 1.165) is 25.1 Å². The molecule has 0 aromatic heterocycles. The maximum atomic E-state index is 12.4. The summed E-state index contributed by atoms with van der Waals surface area (Å²) in [5.74, 6) is 0.915. The largest absolute Gasteiger partial charge is 0.324 e. The first-order valence-corrected chi connectivity index (χ1v) is 7.67. The average molecular weight is 274 g/mol. The van der Waals surface area contributed by atoms with Crippen LogP contribution in [0.1, 0.15) is 63.5 Å². The lowest BCUT2D eigenvalue weighted by Crippen LogP contribution is -2.36. The highest BCUT2D eigenvalue weighted by Crippen LogP contribution is 2.32. The standard InChI is InChI=1S/C17H26N2O/c1-11(2)13-7-5-8-14(12(3)4)16(13)19-17(20)15-9-6-10-18-15/h5,7-8,11-12,15,18H,6,9-10H2,1-4H3,(H,19,20)/t15-/m1/s1. The molecule has 2 N–H and O–H groups in total. The molecule has 1 aromatic rings. The van der Waals surface area contributed by atoms with Gasteiger partial charge in [-0.2, -0.15) is 0 Å². The second-order valence-corrected chi connectivity index (χ2v) is 6.26. The van der Waals surface area contributed by atoms with E-state index in [1.165, 1.54) is 11.1 Å². The van der Waals surface area contributed by atoms with E-state index in [2.05, 4.69) is 56.5 Å². The molecule has 1 aliphatic heterocycles. The molecule has 2 rings (SSSR count). The van der Waals surface area contributed by atoms with Crippen LogP contribution >= 0.6 is 0 Å². The van der Waals surface area contributed by atoms with Crippen molar-refractivity contribution in [3.05, 3.63) is 29.3 Å². The van der Waals surface area contributed by atoms with Crippen LogP contribution in [0.4, 0.5) is 5.69 Å². The SMILES string of the molecule is CC(C)c1cccc(C(C)C)c1NC(=O)[C@H]1CCCN1. The van der Waals surface area contributed by atoms with Crippen molar-refractivity contribution in [1.82, 2.24) is 5.32 Å². The van der Waals surface area contributed by atoms with Gasteiger partial charge in [0.05, 0.1) is 6.04 Å². The zero-order valence-electron chi connectivity index (χ0n) is 13.0. The Hall–Kier alpha value is -1.35. The van der Waals surface area contributed by atoms with E-state index in [1.54, 1.807) is 0 Å². The summed E-state index contributed by atoms with van der Waals surface area (Å²) in [6.07, 6.45) is 2.02. The van der Waals surface area contributed by atoms with E-state index < -0.39 is 0 Å². The number of benzene rings is 1. The number of hydrogen-bond donors (Lipinski definition) is 2. The van der Waals surface area contributed by atoms with Gasteiger partial charge in [-0.15, -0.1) is 0 Å². The number of nitrogens with one attached hydrogen (secondary N) is 2. The van der Waals surface area contributed by atoms with Crippen LogP contribution in [0.5, 0.6) is 0 Å². The molecule has 1 fully saturated rings. The van der Waals surface area contributed by atoms with Gasteiger partial charge in [-0.1, -0.05) is 45.9 Å². The number of amides is 1. The van der Waals surface area contributed by atoms with Gasteiger partial charge in [-0.25, -0.2) is 0 Å². The van der Waals surface area contributed by atoms with E-state index in [4.69, 9.17) is 0 Å². The van der Waals surface area contributed by atoms with Gasteiger partial charge >= 0.3 is 0 Å². The second-order valence-electron chi connectivity index (χ2n) is 6.26. The molecule has 0 radical (unpaired) electrons. The summed E-state index contributed by atoms with van der Waals surface area (Å²) in [7, 11) is 0. The Labute approximate surface area is 122 Å². The Balaban J connectivity index is 2.30. The number of carbonyl (C=O) groups excluding carboxylic acids is 1. The van der Waals surface area contributed by atoms with Crippen LogP contribution < -0.4 is 10.6 Å². The first kappa shape index (κ1) is 15.0. The van der Waals surface area contributed by atoms with Crippen molar-refractivity contribution in [2.75, 3.05) is 11.9 Å². The molecule has 1 atom stereocenters. The summed E-state index contributed by atoms with van der Waals surface area (Å²) in [6, 6.07) is 6.30. The number of anilines is 1. The van der Waals surface area contributed by atoms with Gasteiger partial charge in [0.2, 0.25) is 5.91 Å². The average Bonchev–Trinajstić information content (AvgIpc) is 2.92. The Morgan fingerprint density at radius 3 is 2.25 bits per heavy atom. The Bertz CT molecular complexity index is 448. The van der Waals surface area contributed by atoms with Crippen molar-refractivity contribution >= 4 is 11.6 Å². The lowest BCUT2D eigenvalue weighted by atomic mass is 9.92. The summed E-state index contributed by atoms with van der Waals surface area (Å²) in [5, 5.41) is 6.44. The summed E-state index contributed by atoms with van der Waals surface area (Å²) in [6.45, 7) is 9.62. The molecule has 110 valence electrons. The quantitative estimate of drug-likeness (QED) is 0.880. The molecule has 1 heterocycles. The molecule has 3 heteroatoms. The van der Waals surface area contributed by atoms with Crippen molar-refractivity contribution in [3.8, 4) is 0 Å². The van der Waals surface area contributed by atoms with Crippen LogP contribution in [0.25, 0.3) is 0 Å². The minimum absolute atomic E-state index is 0.0322. The highest BCUT2D eigenvalue weighted by molar-refractivity contribution is 5.96. The van der Waals surface area contributed by atoms with Crippen LogP contribution in [0.3, 0.4) is 0 Å². The first-order valence-electron chi connectivity index (χ1n) is 7.67. The Kier molecular flexibility index (Phi) is 4.81. The molecule has 0 aliphatic carbocycles. The number of para-hydroxylation sites is 1. The van der Waals surface area contributed by atoms with E-state index in [9.17, 15) is 4.79 Å². The first-order chi connectivity index (χ1) is 9.50. The normalized spacial score (nSPS) is 18.8. The van der Waals surface area contributed by atoms with Gasteiger partial charge in [0.1, 0.15) is 0 Å². The molecule has 20 heavy (non-hydrogen) atoms. The zero-order chi connectivity index (χ0) is 14.7. The van der Waals surface area contributed by atoms with Gasteiger partial charge in [0, 0.05) is 5.69 Å².